The highest BCUT2D eigenvalue weighted by Crippen LogP contribution is 2.44. The molecule has 0 heterocycles. The summed E-state index contributed by atoms with van der Waals surface area (Å²) in [6.07, 6.45) is 8.16. The molecular weight excluding hydrogens is 246 g/mol. The minimum Gasteiger partial charge on any atom is -0.352 e. The number of nitrogens with one attached hydrogen (secondary N) is 1. The standard InChI is InChI=1S/C18H25NO/c1-14-8-5-6-11-16(14)19-17(20)18(12-7-13-18)15-9-3-2-4-10-15/h2-4,9-10,14,16H,5-8,11-13H2,1H3,(H,19,20). The number of carbonyl (C=O) groups excluding carboxylic acids is 1. The second-order valence-corrected chi connectivity index (χ2v) is 6.64. The number of amides is 1. The molecule has 2 fully saturated rings. The predicted molar refractivity (Wildman–Crippen MR) is 81.5 cm³/mol. The van der Waals surface area contributed by atoms with Crippen molar-refractivity contribution in [3.63, 3.8) is 0 Å². The van der Waals surface area contributed by atoms with Gasteiger partial charge in [-0.2, -0.15) is 0 Å². The van der Waals surface area contributed by atoms with Crippen LogP contribution in [0.25, 0.3) is 0 Å². The van der Waals surface area contributed by atoms with Gasteiger partial charge in [0.15, 0.2) is 0 Å². The molecule has 108 valence electrons. The second-order valence-electron chi connectivity index (χ2n) is 6.64. The summed E-state index contributed by atoms with van der Waals surface area (Å²) in [5.74, 6) is 0.897. The molecule has 0 aromatic heterocycles. The molecule has 20 heavy (non-hydrogen) atoms. The van der Waals surface area contributed by atoms with Crippen molar-refractivity contribution in [1.82, 2.24) is 5.32 Å². The lowest BCUT2D eigenvalue weighted by Crippen LogP contribution is -2.53. The molecule has 0 spiro atoms. The first-order chi connectivity index (χ1) is 9.72. The van der Waals surface area contributed by atoms with E-state index in [2.05, 4.69) is 24.4 Å². The molecule has 1 aromatic rings. The summed E-state index contributed by atoms with van der Waals surface area (Å²) < 4.78 is 0. The minimum absolute atomic E-state index is 0.238. The first-order valence-corrected chi connectivity index (χ1v) is 8.09. The zero-order valence-electron chi connectivity index (χ0n) is 12.4. The summed E-state index contributed by atoms with van der Waals surface area (Å²) >= 11 is 0. The number of carbonyl (C=O) groups is 1. The van der Waals surface area contributed by atoms with Crippen molar-refractivity contribution >= 4 is 5.91 Å². The Morgan fingerprint density at radius 1 is 1.10 bits per heavy atom. The maximum absolute atomic E-state index is 12.9. The Hall–Kier alpha value is -1.31. The smallest absolute Gasteiger partial charge is 0.230 e. The summed E-state index contributed by atoms with van der Waals surface area (Å²) in [5, 5.41) is 3.37. The van der Waals surface area contributed by atoms with E-state index in [0.29, 0.717) is 12.0 Å². The lowest BCUT2D eigenvalue weighted by atomic mass is 9.63. The Morgan fingerprint density at radius 2 is 1.80 bits per heavy atom. The van der Waals surface area contributed by atoms with Gasteiger partial charge >= 0.3 is 0 Å². The van der Waals surface area contributed by atoms with Crippen molar-refractivity contribution in [3.8, 4) is 0 Å². The van der Waals surface area contributed by atoms with Gasteiger partial charge in [0.2, 0.25) is 5.91 Å². The minimum atomic E-state index is -0.238. The van der Waals surface area contributed by atoms with Gasteiger partial charge in [0.25, 0.3) is 0 Å². The van der Waals surface area contributed by atoms with Crippen LogP contribution in [-0.2, 0) is 10.2 Å². The van der Waals surface area contributed by atoms with E-state index >= 15 is 0 Å². The van der Waals surface area contributed by atoms with Crippen molar-refractivity contribution < 1.29 is 4.79 Å². The van der Waals surface area contributed by atoms with Crippen LogP contribution in [0.2, 0.25) is 0 Å². The highest BCUT2D eigenvalue weighted by atomic mass is 16.2. The van der Waals surface area contributed by atoms with Crippen molar-refractivity contribution in [2.45, 2.75) is 63.3 Å². The Kier molecular flexibility index (Phi) is 3.82. The molecule has 2 nitrogen and oxygen atoms in total. The highest BCUT2D eigenvalue weighted by molar-refractivity contribution is 5.89. The maximum Gasteiger partial charge on any atom is 0.230 e. The van der Waals surface area contributed by atoms with E-state index in [9.17, 15) is 4.79 Å². The molecule has 1 aromatic carbocycles. The van der Waals surface area contributed by atoms with Crippen LogP contribution in [-0.4, -0.2) is 11.9 Å². The molecule has 2 aliphatic rings. The molecule has 2 saturated carbocycles. The average molecular weight is 271 g/mol. The fourth-order valence-corrected chi connectivity index (χ4v) is 3.77. The summed E-state index contributed by atoms with van der Waals surface area (Å²) in [4.78, 5) is 12.9. The first-order valence-electron chi connectivity index (χ1n) is 8.09. The van der Waals surface area contributed by atoms with Crippen molar-refractivity contribution in [2.24, 2.45) is 5.92 Å². The van der Waals surface area contributed by atoms with Crippen molar-refractivity contribution in [2.75, 3.05) is 0 Å². The number of hydrogen-bond acceptors (Lipinski definition) is 1. The highest BCUT2D eigenvalue weighted by Gasteiger charge is 2.46. The van der Waals surface area contributed by atoms with Crippen LogP contribution in [0.15, 0.2) is 30.3 Å². The fourth-order valence-electron chi connectivity index (χ4n) is 3.77. The van der Waals surface area contributed by atoms with E-state index in [1.807, 2.05) is 18.2 Å². The SMILES string of the molecule is CC1CCCCC1NC(=O)C1(c2ccccc2)CCC1. The van der Waals surface area contributed by atoms with Crippen LogP contribution < -0.4 is 5.32 Å². The van der Waals surface area contributed by atoms with Gasteiger partial charge in [-0.15, -0.1) is 0 Å². The van der Waals surface area contributed by atoms with Gasteiger partial charge in [0.05, 0.1) is 5.41 Å². The number of benzene rings is 1. The Balaban J connectivity index is 1.74. The first kappa shape index (κ1) is 13.7. The van der Waals surface area contributed by atoms with Crippen LogP contribution >= 0.6 is 0 Å². The van der Waals surface area contributed by atoms with E-state index in [-0.39, 0.29) is 11.3 Å². The lowest BCUT2D eigenvalue weighted by molar-refractivity contribution is -0.131. The van der Waals surface area contributed by atoms with Crippen LogP contribution in [0, 0.1) is 5.92 Å². The van der Waals surface area contributed by atoms with E-state index in [0.717, 1.165) is 19.3 Å². The van der Waals surface area contributed by atoms with Gasteiger partial charge in [-0.1, -0.05) is 56.5 Å². The molecular formula is C18H25NO. The normalized spacial score (nSPS) is 28.4. The third-order valence-corrected chi connectivity index (χ3v) is 5.40. The molecule has 3 rings (SSSR count). The summed E-state index contributed by atoms with van der Waals surface area (Å²) in [6, 6.07) is 10.7. The average Bonchev–Trinajstić information content (AvgIpc) is 2.41. The molecule has 0 radical (unpaired) electrons. The largest absolute Gasteiger partial charge is 0.352 e. The molecule has 0 aliphatic heterocycles. The fraction of sp³-hybridized carbons (Fsp3) is 0.611. The van der Waals surface area contributed by atoms with E-state index in [1.165, 1.54) is 31.2 Å². The Bertz CT molecular complexity index is 464. The lowest BCUT2D eigenvalue weighted by Gasteiger charge is -2.42. The molecule has 2 aliphatic carbocycles. The summed E-state index contributed by atoms with van der Waals surface area (Å²) in [7, 11) is 0. The van der Waals surface area contributed by atoms with Gasteiger partial charge in [-0.25, -0.2) is 0 Å². The van der Waals surface area contributed by atoms with Crippen LogP contribution in [0.5, 0.6) is 0 Å². The molecule has 2 unspecified atom stereocenters. The zero-order valence-corrected chi connectivity index (χ0v) is 12.4. The number of hydrogen-bond donors (Lipinski definition) is 1. The van der Waals surface area contributed by atoms with Gasteiger partial charge in [-0.05, 0) is 37.2 Å². The molecule has 0 bridgehead atoms. The molecule has 2 atom stereocenters. The second kappa shape index (κ2) is 5.59. The summed E-state index contributed by atoms with van der Waals surface area (Å²) in [6.45, 7) is 2.28. The predicted octanol–water partition coefficient (Wildman–Crippen LogP) is 3.80. The quantitative estimate of drug-likeness (QED) is 0.890. The molecule has 0 saturated heterocycles. The van der Waals surface area contributed by atoms with E-state index < -0.39 is 0 Å². The number of rotatable bonds is 3. The third-order valence-electron chi connectivity index (χ3n) is 5.40. The van der Waals surface area contributed by atoms with E-state index in [4.69, 9.17) is 0 Å². The third kappa shape index (κ3) is 2.36. The zero-order chi connectivity index (χ0) is 14.0. The summed E-state index contributed by atoms with van der Waals surface area (Å²) in [5.41, 5.74) is 0.963. The van der Waals surface area contributed by atoms with Crippen LogP contribution in [0.3, 0.4) is 0 Å². The van der Waals surface area contributed by atoms with Gasteiger partial charge < -0.3 is 5.32 Å². The molecule has 1 amide bonds. The Morgan fingerprint density at radius 3 is 2.40 bits per heavy atom. The van der Waals surface area contributed by atoms with Crippen molar-refractivity contribution in [1.29, 1.82) is 0 Å². The van der Waals surface area contributed by atoms with Crippen molar-refractivity contribution in [3.05, 3.63) is 35.9 Å². The van der Waals surface area contributed by atoms with Gasteiger partial charge in [0.1, 0.15) is 0 Å². The molecule has 1 N–H and O–H groups in total. The molecule has 2 heteroatoms. The van der Waals surface area contributed by atoms with Crippen LogP contribution in [0.1, 0.15) is 57.4 Å². The maximum atomic E-state index is 12.9. The van der Waals surface area contributed by atoms with E-state index in [1.54, 1.807) is 0 Å². The van der Waals surface area contributed by atoms with Crippen LogP contribution in [0.4, 0.5) is 0 Å². The monoisotopic (exact) mass is 271 g/mol. The van der Waals surface area contributed by atoms with Gasteiger partial charge in [0, 0.05) is 6.04 Å². The Labute approximate surface area is 122 Å². The van der Waals surface area contributed by atoms with Gasteiger partial charge in [-0.3, -0.25) is 4.79 Å². The topological polar surface area (TPSA) is 29.1 Å².